The third-order valence-corrected chi connectivity index (χ3v) is 3.84. The molecule has 1 amide bonds. The molecule has 0 aliphatic carbocycles. The van der Waals surface area contributed by atoms with Gasteiger partial charge in [0.1, 0.15) is 5.69 Å². The minimum Gasteiger partial charge on any atom is -0.347 e. The second kappa shape index (κ2) is 8.12. The lowest BCUT2D eigenvalue weighted by atomic mass is 10.2. The Morgan fingerprint density at radius 3 is 2.42 bits per heavy atom. The molecule has 0 saturated carbocycles. The van der Waals surface area contributed by atoms with Gasteiger partial charge in [0.05, 0.1) is 0 Å². The topological polar surface area (TPSA) is 79.8 Å². The molecule has 132 valence electrons. The van der Waals surface area contributed by atoms with Crippen LogP contribution in [0.2, 0.25) is 10.0 Å². The first-order chi connectivity index (χ1) is 12.5. The normalized spacial score (nSPS) is 10.4. The Labute approximate surface area is 160 Å². The van der Waals surface area contributed by atoms with Crippen LogP contribution in [-0.2, 0) is 6.54 Å². The Bertz CT molecular complexity index is 914. The third-order valence-electron chi connectivity index (χ3n) is 3.41. The van der Waals surface area contributed by atoms with Crippen molar-refractivity contribution in [1.29, 1.82) is 0 Å². The van der Waals surface area contributed by atoms with E-state index in [-0.39, 0.29) is 17.5 Å². The standard InChI is InChI=1S/C18H15Cl2N5O/c1-11-6-16(17(26)22-10-12-2-4-21-5-3-12)25-18(23-11)24-15-8-13(19)7-14(20)9-15/h2-9H,10H2,1H3,(H,22,26)(H,23,24,25). The number of carbonyl (C=O) groups excluding carboxylic acids is 1. The van der Waals surface area contributed by atoms with E-state index in [9.17, 15) is 4.79 Å². The number of pyridine rings is 1. The molecular weight excluding hydrogens is 373 g/mol. The van der Waals surface area contributed by atoms with Crippen molar-refractivity contribution in [2.45, 2.75) is 13.5 Å². The van der Waals surface area contributed by atoms with Crippen LogP contribution in [0.5, 0.6) is 0 Å². The van der Waals surface area contributed by atoms with Gasteiger partial charge < -0.3 is 10.6 Å². The summed E-state index contributed by atoms with van der Waals surface area (Å²) in [4.78, 5) is 24.9. The van der Waals surface area contributed by atoms with E-state index in [1.54, 1.807) is 43.6 Å². The van der Waals surface area contributed by atoms with Crippen LogP contribution in [0.4, 0.5) is 11.6 Å². The van der Waals surface area contributed by atoms with E-state index in [1.165, 1.54) is 0 Å². The van der Waals surface area contributed by atoms with Crippen LogP contribution in [0.25, 0.3) is 0 Å². The van der Waals surface area contributed by atoms with Crippen LogP contribution in [0, 0.1) is 6.92 Å². The maximum Gasteiger partial charge on any atom is 0.270 e. The van der Waals surface area contributed by atoms with Crippen LogP contribution >= 0.6 is 23.2 Å². The molecule has 0 saturated heterocycles. The number of aromatic nitrogens is 3. The largest absolute Gasteiger partial charge is 0.347 e. The van der Waals surface area contributed by atoms with Crippen LogP contribution in [-0.4, -0.2) is 20.9 Å². The molecule has 0 aliphatic rings. The number of aryl methyl sites for hydroxylation is 1. The Hall–Kier alpha value is -2.70. The zero-order chi connectivity index (χ0) is 18.5. The molecule has 26 heavy (non-hydrogen) atoms. The van der Waals surface area contributed by atoms with Gasteiger partial charge in [0.25, 0.3) is 5.91 Å². The van der Waals surface area contributed by atoms with Crippen molar-refractivity contribution in [3.05, 3.63) is 75.8 Å². The quantitative estimate of drug-likeness (QED) is 0.686. The number of rotatable bonds is 5. The molecule has 0 bridgehead atoms. The summed E-state index contributed by atoms with van der Waals surface area (Å²) in [6.07, 6.45) is 3.35. The van der Waals surface area contributed by atoms with E-state index in [0.717, 1.165) is 5.56 Å². The second-order valence-electron chi connectivity index (χ2n) is 5.54. The third kappa shape index (κ3) is 4.91. The maximum absolute atomic E-state index is 12.4. The predicted octanol–water partition coefficient (Wildman–Crippen LogP) is 4.16. The summed E-state index contributed by atoms with van der Waals surface area (Å²) in [5, 5.41) is 6.82. The van der Waals surface area contributed by atoms with Crippen molar-refractivity contribution in [2.75, 3.05) is 5.32 Å². The highest BCUT2D eigenvalue weighted by Crippen LogP contribution is 2.24. The number of hydrogen-bond acceptors (Lipinski definition) is 5. The fourth-order valence-electron chi connectivity index (χ4n) is 2.27. The number of anilines is 2. The summed E-state index contributed by atoms with van der Waals surface area (Å²) in [6.45, 7) is 2.18. The van der Waals surface area contributed by atoms with Gasteiger partial charge in [-0.3, -0.25) is 9.78 Å². The molecule has 3 aromatic rings. The van der Waals surface area contributed by atoms with E-state index in [2.05, 4.69) is 25.6 Å². The second-order valence-corrected chi connectivity index (χ2v) is 6.41. The first kappa shape index (κ1) is 18.1. The Balaban J connectivity index is 1.75. The first-order valence-electron chi connectivity index (χ1n) is 7.75. The van der Waals surface area contributed by atoms with Gasteiger partial charge in [-0.2, -0.15) is 0 Å². The van der Waals surface area contributed by atoms with Gasteiger partial charge in [-0.05, 0) is 48.9 Å². The van der Waals surface area contributed by atoms with Crippen molar-refractivity contribution in [3.63, 3.8) is 0 Å². The van der Waals surface area contributed by atoms with Gasteiger partial charge >= 0.3 is 0 Å². The minimum atomic E-state index is -0.292. The average molecular weight is 388 g/mol. The molecule has 0 spiro atoms. The van der Waals surface area contributed by atoms with Gasteiger partial charge in [0.2, 0.25) is 5.95 Å². The summed E-state index contributed by atoms with van der Waals surface area (Å²) in [5.74, 6) is -0.00289. The van der Waals surface area contributed by atoms with E-state index < -0.39 is 0 Å². The van der Waals surface area contributed by atoms with E-state index >= 15 is 0 Å². The lowest BCUT2D eigenvalue weighted by Gasteiger charge is -2.09. The van der Waals surface area contributed by atoms with E-state index in [0.29, 0.717) is 28.0 Å². The van der Waals surface area contributed by atoms with E-state index in [1.807, 2.05) is 12.1 Å². The smallest absolute Gasteiger partial charge is 0.270 e. The van der Waals surface area contributed by atoms with Gasteiger partial charge in [-0.25, -0.2) is 9.97 Å². The van der Waals surface area contributed by atoms with Crippen LogP contribution in [0.3, 0.4) is 0 Å². The number of carbonyl (C=O) groups is 1. The molecule has 6 nitrogen and oxygen atoms in total. The van der Waals surface area contributed by atoms with Crippen molar-refractivity contribution in [2.24, 2.45) is 0 Å². The summed E-state index contributed by atoms with van der Waals surface area (Å²) in [6, 6.07) is 10.3. The molecule has 0 fully saturated rings. The minimum absolute atomic E-state index is 0.266. The van der Waals surface area contributed by atoms with Gasteiger partial charge in [0, 0.05) is 40.4 Å². The number of nitrogens with one attached hydrogen (secondary N) is 2. The molecule has 2 heterocycles. The molecule has 0 atom stereocenters. The highest BCUT2D eigenvalue weighted by molar-refractivity contribution is 6.35. The maximum atomic E-state index is 12.4. The van der Waals surface area contributed by atoms with E-state index in [4.69, 9.17) is 23.2 Å². The SMILES string of the molecule is Cc1cc(C(=O)NCc2ccncc2)nc(Nc2cc(Cl)cc(Cl)c2)n1. The van der Waals surface area contributed by atoms with Crippen molar-refractivity contribution in [3.8, 4) is 0 Å². The summed E-state index contributed by atoms with van der Waals surface area (Å²) in [7, 11) is 0. The Kier molecular flexibility index (Phi) is 5.65. The molecule has 0 radical (unpaired) electrons. The molecule has 2 aromatic heterocycles. The number of hydrogen-bond donors (Lipinski definition) is 2. The Morgan fingerprint density at radius 2 is 1.73 bits per heavy atom. The van der Waals surface area contributed by atoms with Gasteiger partial charge in [0.15, 0.2) is 0 Å². The first-order valence-corrected chi connectivity index (χ1v) is 8.51. The molecule has 8 heteroatoms. The molecule has 3 rings (SSSR count). The Morgan fingerprint density at radius 1 is 1.04 bits per heavy atom. The molecule has 0 aliphatic heterocycles. The number of amides is 1. The summed E-state index contributed by atoms with van der Waals surface area (Å²) < 4.78 is 0. The molecule has 1 aromatic carbocycles. The van der Waals surface area contributed by atoms with Crippen molar-refractivity contribution in [1.82, 2.24) is 20.3 Å². The zero-order valence-corrected chi connectivity index (χ0v) is 15.3. The molecule has 0 unspecified atom stereocenters. The van der Waals surface area contributed by atoms with Crippen LogP contribution < -0.4 is 10.6 Å². The highest BCUT2D eigenvalue weighted by atomic mass is 35.5. The number of halogens is 2. The van der Waals surface area contributed by atoms with Crippen molar-refractivity contribution < 1.29 is 4.79 Å². The van der Waals surface area contributed by atoms with Crippen molar-refractivity contribution >= 4 is 40.7 Å². The summed E-state index contributed by atoms with van der Waals surface area (Å²) >= 11 is 12.0. The average Bonchev–Trinajstić information content (AvgIpc) is 2.59. The zero-order valence-electron chi connectivity index (χ0n) is 13.8. The van der Waals surface area contributed by atoms with Crippen LogP contribution in [0.15, 0.2) is 48.8 Å². The monoisotopic (exact) mass is 387 g/mol. The predicted molar refractivity (Wildman–Crippen MR) is 102 cm³/mol. The fraction of sp³-hybridized carbons (Fsp3) is 0.111. The lowest BCUT2D eigenvalue weighted by Crippen LogP contribution is -2.24. The summed E-state index contributed by atoms with van der Waals surface area (Å²) in [5.41, 5.74) is 2.51. The molecule has 2 N–H and O–H groups in total. The highest BCUT2D eigenvalue weighted by Gasteiger charge is 2.11. The van der Waals surface area contributed by atoms with Gasteiger partial charge in [-0.15, -0.1) is 0 Å². The van der Waals surface area contributed by atoms with Gasteiger partial charge in [-0.1, -0.05) is 23.2 Å². The number of benzene rings is 1. The fourth-order valence-corrected chi connectivity index (χ4v) is 2.80. The number of nitrogens with zero attached hydrogens (tertiary/aromatic N) is 3. The lowest BCUT2D eigenvalue weighted by molar-refractivity contribution is 0.0945. The van der Waals surface area contributed by atoms with Crippen LogP contribution in [0.1, 0.15) is 21.7 Å². The molecular formula is C18H15Cl2N5O.